The summed E-state index contributed by atoms with van der Waals surface area (Å²) in [5, 5.41) is 0. The number of ether oxygens (including phenoxy) is 1. The number of hydrogen-bond acceptors (Lipinski definition) is 3. The standard InChI is InChI=1S/C16H26N2O/c1-4-18(11-13-8-9-13)16(12(2)17)14-6-5-7-15(10-14)19-3/h5-7,10,12-13,16H,4,8-9,11,17H2,1-3H3. The predicted molar refractivity (Wildman–Crippen MR) is 79.4 cm³/mol. The molecule has 19 heavy (non-hydrogen) atoms. The fraction of sp³-hybridized carbons (Fsp3) is 0.625. The highest BCUT2D eigenvalue weighted by molar-refractivity contribution is 5.31. The minimum atomic E-state index is 0.116. The number of likely N-dealkylation sites (N-methyl/N-ethyl adjacent to an activating group) is 1. The molecule has 2 rings (SSSR count). The highest BCUT2D eigenvalue weighted by atomic mass is 16.5. The number of benzene rings is 1. The summed E-state index contributed by atoms with van der Waals surface area (Å²) in [6.07, 6.45) is 2.75. The summed E-state index contributed by atoms with van der Waals surface area (Å²) in [4.78, 5) is 2.51. The molecule has 0 amide bonds. The van der Waals surface area contributed by atoms with Gasteiger partial charge in [-0.2, -0.15) is 0 Å². The molecule has 0 spiro atoms. The molecule has 0 radical (unpaired) electrons. The van der Waals surface area contributed by atoms with Gasteiger partial charge in [-0.05, 0) is 49.9 Å². The van der Waals surface area contributed by atoms with Gasteiger partial charge in [0, 0.05) is 18.6 Å². The van der Waals surface area contributed by atoms with Crippen LogP contribution in [0.4, 0.5) is 0 Å². The van der Waals surface area contributed by atoms with Crippen LogP contribution in [0.1, 0.15) is 38.3 Å². The van der Waals surface area contributed by atoms with Crippen molar-refractivity contribution in [2.24, 2.45) is 11.7 Å². The average Bonchev–Trinajstić information content (AvgIpc) is 3.21. The SMILES string of the molecule is CCN(CC1CC1)C(c1cccc(OC)c1)C(C)N. The zero-order chi connectivity index (χ0) is 13.8. The number of rotatable bonds is 7. The largest absolute Gasteiger partial charge is 0.497 e. The van der Waals surface area contributed by atoms with Gasteiger partial charge in [-0.1, -0.05) is 19.1 Å². The van der Waals surface area contributed by atoms with Gasteiger partial charge in [-0.15, -0.1) is 0 Å². The maximum absolute atomic E-state index is 6.25. The molecule has 2 unspecified atom stereocenters. The zero-order valence-electron chi connectivity index (χ0n) is 12.3. The monoisotopic (exact) mass is 262 g/mol. The van der Waals surface area contributed by atoms with Crippen molar-refractivity contribution in [2.45, 2.75) is 38.8 Å². The number of nitrogens with two attached hydrogens (primary N) is 1. The van der Waals surface area contributed by atoms with Crippen molar-refractivity contribution >= 4 is 0 Å². The van der Waals surface area contributed by atoms with Gasteiger partial charge in [0.2, 0.25) is 0 Å². The first-order chi connectivity index (χ1) is 9.15. The Morgan fingerprint density at radius 1 is 1.42 bits per heavy atom. The molecule has 1 aromatic rings. The van der Waals surface area contributed by atoms with Gasteiger partial charge in [-0.25, -0.2) is 0 Å². The molecule has 2 N–H and O–H groups in total. The Kier molecular flexibility index (Phi) is 4.83. The lowest BCUT2D eigenvalue weighted by Gasteiger charge is -2.34. The molecule has 1 fully saturated rings. The number of hydrogen-bond donors (Lipinski definition) is 1. The van der Waals surface area contributed by atoms with Crippen LogP contribution < -0.4 is 10.5 Å². The Morgan fingerprint density at radius 2 is 2.16 bits per heavy atom. The van der Waals surface area contributed by atoms with Gasteiger partial charge in [0.05, 0.1) is 7.11 Å². The van der Waals surface area contributed by atoms with Gasteiger partial charge < -0.3 is 10.5 Å². The summed E-state index contributed by atoms with van der Waals surface area (Å²) < 4.78 is 5.33. The van der Waals surface area contributed by atoms with Crippen molar-refractivity contribution in [1.82, 2.24) is 4.90 Å². The molecule has 3 heteroatoms. The second-order valence-electron chi connectivity index (χ2n) is 5.61. The Bertz CT molecular complexity index is 401. The fourth-order valence-corrected chi connectivity index (χ4v) is 2.74. The first kappa shape index (κ1) is 14.4. The average molecular weight is 262 g/mol. The van der Waals surface area contributed by atoms with Crippen LogP contribution in [0.2, 0.25) is 0 Å². The van der Waals surface area contributed by atoms with Crippen LogP contribution in [0.25, 0.3) is 0 Å². The van der Waals surface area contributed by atoms with E-state index in [-0.39, 0.29) is 12.1 Å². The highest BCUT2D eigenvalue weighted by Gasteiger charge is 2.29. The van der Waals surface area contributed by atoms with E-state index in [1.54, 1.807) is 7.11 Å². The Hall–Kier alpha value is -1.06. The summed E-state index contributed by atoms with van der Waals surface area (Å²) in [5.74, 6) is 1.79. The molecule has 1 aliphatic carbocycles. The third-order valence-corrected chi connectivity index (χ3v) is 3.92. The molecule has 1 saturated carbocycles. The first-order valence-electron chi connectivity index (χ1n) is 7.29. The van der Waals surface area contributed by atoms with Crippen LogP contribution in [0.3, 0.4) is 0 Å². The topological polar surface area (TPSA) is 38.5 Å². The minimum absolute atomic E-state index is 0.116. The molecule has 3 nitrogen and oxygen atoms in total. The van der Waals surface area contributed by atoms with Crippen LogP contribution in [-0.2, 0) is 0 Å². The molecule has 0 bridgehead atoms. The molecule has 106 valence electrons. The Labute approximate surface area is 116 Å². The molecule has 2 atom stereocenters. The highest BCUT2D eigenvalue weighted by Crippen LogP contribution is 2.34. The molecule has 0 aliphatic heterocycles. The summed E-state index contributed by atoms with van der Waals surface area (Å²) >= 11 is 0. The fourth-order valence-electron chi connectivity index (χ4n) is 2.74. The van der Waals surface area contributed by atoms with E-state index >= 15 is 0 Å². The summed E-state index contributed by atoms with van der Waals surface area (Å²) in [7, 11) is 1.71. The van der Waals surface area contributed by atoms with E-state index in [4.69, 9.17) is 10.5 Å². The van der Waals surface area contributed by atoms with Crippen LogP contribution >= 0.6 is 0 Å². The Morgan fingerprint density at radius 3 is 2.68 bits per heavy atom. The van der Waals surface area contributed by atoms with Crippen molar-refractivity contribution in [3.63, 3.8) is 0 Å². The van der Waals surface area contributed by atoms with Crippen molar-refractivity contribution < 1.29 is 4.74 Å². The molecule has 0 heterocycles. The molecular weight excluding hydrogens is 236 g/mol. The molecule has 0 aromatic heterocycles. The van der Waals surface area contributed by atoms with E-state index in [1.807, 2.05) is 6.07 Å². The third-order valence-electron chi connectivity index (χ3n) is 3.92. The van der Waals surface area contributed by atoms with E-state index in [2.05, 4.69) is 36.9 Å². The van der Waals surface area contributed by atoms with E-state index in [0.717, 1.165) is 18.2 Å². The van der Waals surface area contributed by atoms with Gasteiger partial charge >= 0.3 is 0 Å². The summed E-state index contributed by atoms with van der Waals surface area (Å²) in [6.45, 7) is 6.53. The first-order valence-corrected chi connectivity index (χ1v) is 7.29. The third kappa shape index (κ3) is 3.71. The number of methoxy groups -OCH3 is 1. The van der Waals surface area contributed by atoms with Gasteiger partial charge in [0.15, 0.2) is 0 Å². The predicted octanol–water partition coefficient (Wildman–Crippen LogP) is 2.82. The van der Waals surface area contributed by atoms with E-state index < -0.39 is 0 Å². The van der Waals surface area contributed by atoms with Crippen molar-refractivity contribution in [2.75, 3.05) is 20.2 Å². The van der Waals surface area contributed by atoms with Gasteiger partial charge in [-0.3, -0.25) is 4.90 Å². The smallest absolute Gasteiger partial charge is 0.119 e. The second-order valence-corrected chi connectivity index (χ2v) is 5.61. The van der Waals surface area contributed by atoms with Crippen molar-refractivity contribution in [3.05, 3.63) is 29.8 Å². The lowest BCUT2D eigenvalue weighted by Crippen LogP contribution is -2.40. The van der Waals surface area contributed by atoms with Crippen LogP contribution in [0.5, 0.6) is 5.75 Å². The second kappa shape index (κ2) is 6.40. The van der Waals surface area contributed by atoms with E-state index in [0.29, 0.717) is 0 Å². The lowest BCUT2D eigenvalue weighted by atomic mass is 9.98. The molecule has 1 aromatic carbocycles. The maximum atomic E-state index is 6.25. The number of nitrogens with zero attached hydrogens (tertiary/aromatic N) is 1. The van der Waals surface area contributed by atoms with Crippen LogP contribution in [0.15, 0.2) is 24.3 Å². The lowest BCUT2D eigenvalue weighted by molar-refractivity contribution is 0.177. The molecule has 0 saturated heterocycles. The maximum Gasteiger partial charge on any atom is 0.119 e. The zero-order valence-corrected chi connectivity index (χ0v) is 12.3. The van der Waals surface area contributed by atoms with Gasteiger partial charge in [0.25, 0.3) is 0 Å². The minimum Gasteiger partial charge on any atom is -0.497 e. The quantitative estimate of drug-likeness (QED) is 0.821. The van der Waals surface area contributed by atoms with Crippen LogP contribution in [0, 0.1) is 5.92 Å². The summed E-state index contributed by atoms with van der Waals surface area (Å²) in [6, 6.07) is 8.70. The van der Waals surface area contributed by atoms with Gasteiger partial charge in [0.1, 0.15) is 5.75 Å². The summed E-state index contributed by atoms with van der Waals surface area (Å²) in [5.41, 5.74) is 7.51. The van der Waals surface area contributed by atoms with E-state index in [1.165, 1.54) is 24.9 Å². The van der Waals surface area contributed by atoms with Crippen molar-refractivity contribution in [3.8, 4) is 5.75 Å². The van der Waals surface area contributed by atoms with Crippen molar-refractivity contribution in [1.29, 1.82) is 0 Å². The van der Waals surface area contributed by atoms with E-state index in [9.17, 15) is 0 Å². The molecule has 1 aliphatic rings. The molecular formula is C16H26N2O. The van der Waals surface area contributed by atoms with Crippen LogP contribution in [-0.4, -0.2) is 31.1 Å². The normalized spacial score (nSPS) is 18.4. The Balaban J connectivity index is 2.20.